The molecule has 2 nitrogen and oxygen atoms in total. The second-order valence-corrected chi connectivity index (χ2v) is 5.80. The molecule has 0 saturated heterocycles. The summed E-state index contributed by atoms with van der Waals surface area (Å²) in [6.45, 7) is 3.37. The lowest BCUT2D eigenvalue weighted by molar-refractivity contribution is 0.293. The van der Waals surface area contributed by atoms with Gasteiger partial charge in [-0.1, -0.05) is 31.4 Å². The Hall–Kier alpha value is -0.890. The lowest BCUT2D eigenvalue weighted by Crippen LogP contribution is -2.21. The summed E-state index contributed by atoms with van der Waals surface area (Å²) in [7, 11) is 1.69. The van der Waals surface area contributed by atoms with Crippen LogP contribution in [0.3, 0.4) is 0 Å². The number of ether oxygens (including phenoxy) is 1. The van der Waals surface area contributed by atoms with Gasteiger partial charge in [0.25, 0.3) is 0 Å². The Morgan fingerprint density at radius 3 is 2.94 bits per heavy atom. The van der Waals surface area contributed by atoms with Crippen molar-refractivity contribution >= 4 is 17.3 Å². The van der Waals surface area contributed by atoms with Crippen LogP contribution in [0.4, 0.5) is 5.69 Å². The molecular weight excluding hydrogens is 246 g/mol. The van der Waals surface area contributed by atoms with Crippen LogP contribution in [0.25, 0.3) is 0 Å². The van der Waals surface area contributed by atoms with E-state index in [1.807, 2.05) is 18.2 Å². The third kappa shape index (κ3) is 3.55. The average molecular weight is 268 g/mol. The van der Waals surface area contributed by atoms with Gasteiger partial charge in [-0.3, -0.25) is 0 Å². The maximum atomic E-state index is 6.02. The molecule has 2 unspecified atom stereocenters. The van der Waals surface area contributed by atoms with E-state index in [9.17, 15) is 0 Å². The molecule has 0 amide bonds. The third-order valence-electron chi connectivity index (χ3n) is 3.79. The monoisotopic (exact) mass is 267 g/mol. The molecule has 100 valence electrons. The smallest absolute Gasteiger partial charge is 0.142 e. The van der Waals surface area contributed by atoms with Gasteiger partial charge in [-0.05, 0) is 42.9 Å². The number of nitrogens with one attached hydrogen (secondary N) is 1. The van der Waals surface area contributed by atoms with Crippen LogP contribution in [0.15, 0.2) is 18.2 Å². The van der Waals surface area contributed by atoms with Crippen LogP contribution < -0.4 is 10.1 Å². The molecule has 18 heavy (non-hydrogen) atoms. The molecule has 0 aromatic heterocycles. The van der Waals surface area contributed by atoms with Crippen LogP contribution in [0.5, 0.6) is 5.75 Å². The zero-order valence-corrected chi connectivity index (χ0v) is 12.0. The van der Waals surface area contributed by atoms with Gasteiger partial charge in [-0.2, -0.15) is 0 Å². The first-order valence-corrected chi connectivity index (χ1v) is 7.14. The summed E-state index contributed by atoms with van der Waals surface area (Å²) in [6, 6.07) is 5.70. The second kappa shape index (κ2) is 6.33. The molecule has 1 N–H and O–H groups in total. The molecule has 2 rings (SSSR count). The minimum Gasteiger partial charge on any atom is -0.495 e. The van der Waals surface area contributed by atoms with E-state index < -0.39 is 0 Å². The fraction of sp³-hybridized carbons (Fsp3) is 0.600. The van der Waals surface area contributed by atoms with E-state index in [-0.39, 0.29) is 0 Å². The van der Waals surface area contributed by atoms with E-state index in [1.165, 1.54) is 25.7 Å². The number of anilines is 1. The van der Waals surface area contributed by atoms with E-state index in [0.29, 0.717) is 0 Å². The molecule has 1 aliphatic rings. The Bertz CT molecular complexity index is 394. The highest BCUT2D eigenvalue weighted by molar-refractivity contribution is 6.30. The quantitative estimate of drug-likeness (QED) is 0.862. The second-order valence-electron chi connectivity index (χ2n) is 5.36. The molecular formula is C15H22ClNO. The molecule has 1 saturated carbocycles. The van der Waals surface area contributed by atoms with E-state index >= 15 is 0 Å². The maximum absolute atomic E-state index is 6.02. The number of benzene rings is 1. The van der Waals surface area contributed by atoms with E-state index in [1.54, 1.807) is 7.11 Å². The van der Waals surface area contributed by atoms with Crippen LogP contribution in [-0.2, 0) is 0 Å². The van der Waals surface area contributed by atoms with Gasteiger partial charge in [0.1, 0.15) is 5.75 Å². The first-order chi connectivity index (χ1) is 8.69. The molecule has 1 aromatic carbocycles. The number of rotatable bonds is 4. The normalized spacial score (nSPS) is 23.7. The Morgan fingerprint density at radius 2 is 2.22 bits per heavy atom. The van der Waals surface area contributed by atoms with Crippen molar-refractivity contribution in [2.75, 3.05) is 19.0 Å². The molecule has 1 aliphatic carbocycles. The van der Waals surface area contributed by atoms with Crippen LogP contribution >= 0.6 is 11.6 Å². The van der Waals surface area contributed by atoms with Gasteiger partial charge >= 0.3 is 0 Å². The van der Waals surface area contributed by atoms with Crippen LogP contribution in [0.2, 0.25) is 5.02 Å². The zero-order valence-electron chi connectivity index (χ0n) is 11.2. The Labute approximate surface area is 115 Å². The lowest BCUT2D eigenvalue weighted by Gasteiger charge is -2.27. The Kier molecular flexibility index (Phi) is 4.76. The molecule has 0 radical (unpaired) electrons. The summed E-state index contributed by atoms with van der Waals surface area (Å²) in [5, 5.41) is 4.23. The number of hydrogen-bond donors (Lipinski definition) is 1. The van der Waals surface area contributed by atoms with Crippen molar-refractivity contribution in [3.05, 3.63) is 23.2 Å². The fourth-order valence-electron chi connectivity index (χ4n) is 2.82. The topological polar surface area (TPSA) is 21.3 Å². The number of halogens is 1. The van der Waals surface area contributed by atoms with Gasteiger partial charge in [0.05, 0.1) is 12.8 Å². The Morgan fingerprint density at radius 1 is 1.39 bits per heavy atom. The first kappa shape index (κ1) is 13.5. The fourth-order valence-corrected chi connectivity index (χ4v) is 2.99. The van der Waals surface area contributed by atoms with E-state index in [2.05, 4.69) is 12.2 Å². The molecule has 0 bridgehead atoms. The first-order valence-electron chi connectivity index (χ1n) is 6.76. The minimum absolute atomic E-state index is 0.746. The highest BCUT2D eigenvalue weighted by atomic mass is 35.5. The highest BCUT2D eigenvalue weighted by Gasteiger charge is 2.18. The van der Waals surface area contributed by atoms with Gasteiger partial charge in [-0.25, -0.2) is 0 Å². The van der Waals surface area contributed by atoms with Crippen molar-refractivity contribution in [1.29, 1.82) is 0 Å². The number of methoxy groups -OCH3 is 1. The van der Waals surface area contributed by atoms with Gasteiger partial charge in [-0.15, -0.1) is 0 Å². The van der Waals surface area contributed by atoms with Gasteiger partial charge in [0, 0.05) is 11.6 Å². The summed E-state index contributed by atoms with van der Waals surface area (Å²) in [4.78, 5) is 0. The van der Waals surface area contributed by atoms with Crippen molar-refractivity contribution < 1.29 is 4.74 Å². The maximum Gasteiger partial charge on any atom is 0.142 e. The summed E-state index contributed by atoms with van der Waals surface area (Å²) in [5.74, 6) is 2.51. The highest BCUT2D eigenvalue weighted by Crippen LogP contribution is 2.31. The van der Waals surface area contributed by atoms with Crippen molar-refractivity contribution in [1.82, 2.24) is 0 Å². The zero-order chi connectivity index (χ0) is 13.0. The van der Waals surface area contributed by atoms with Crippen molar-refractivity contribution in [3.63, 3.8) is 0 Å². The predicted molar refractivity (Wildman–Crippen MR) is 77.6 cm³/mol. The summed E-state index contributed by atoms with van der Waals surface area (Å²) in [6.07, 6.45) is 5.41. The summed E-state index contributed by atoms with van der Waals surface area (Å²) >= 11 is 6.02. The molecule has 2 atom stereocenters. The van der Waals surface area contributed by atoms with Gasteiger partial charge in [0.15, 0.2) is 0 Å². The van der Waals surface area contributed by atoms with Crippen molar-refractivity contribution in [2.24, 2.45) is 11.8 Å². The van der Waals surface area contributed by atoms with Crippen LogP contribution in [0.1, 0.15) is 32.6 Å². The van der Waals surface area contributed by atoms with Gasteiger partial charge < -0.3 is 10.1 Å². The average Bonchev–Trinajstić information content (AvgIpc) is 2.37. The molecule has 0 heterocycles. The van der Waals surface area contributed by atoms with E-state index in [4.69, 9.17) is 16.3 Å². The molecule has 3 heteroatoms. The van der Waals surface area contributed by atoms with Gasteiger partial charge in [0.2, 0.25) is 0 Å². The van der Waals surface area contributed by atoms with E-state index in [0.717, 1.165) is 34.8 Å². The SMILES string of the molecule is COc1ccc(Cl)cc1NCC1CCCC(C)C1. The van der Waals surface area contributed by atoms with Crippen LogP contribution in [-0.4, -0.2) is 13.7 Å². The standard InChI is InChI=1S/C15H22ClNO/c1-11-4-3-5-12(8-11)10-17-14-9-13(16)6-7-15(14)18-2/h6-7,9,11-12,17H,3-5,8,10H2,1-2H3. The lowest BCUT2D eigenvalue weighted by atomic mass is 9.82. The summed E-state index contributed by atoms with van der Waals surface area (Å²) in [5.41, 5.74) is 1.00. The number of hydrogen-bond acceptors (Lipinski definition) is 2. The largest absolute Gasteiger partial charge is 0.495 e. The summed E-state index contributed by atoms with van der Waals surface area (Å²) < 4.78 is 5.34. The third-order valence-corrected chi connectivity index (χ3v) is 4.02. The Balaban J connectivity index is 1.94. The van der Waals surface area contributed by atoms with Crippen LogP contribution in [0, 0.1) is 11.8 Å². The molecule has 0 aliphatic heterocycles. The molecule has 1 aromatic rings. The van der Waals surface area contributed by atoms with Crippen molar-refractivity contribution in [3.8, 4) is 5.75 Å². The minimum atomic E-state index is 0.746. The van der Waals surface area contributed by atoms with Crippen molar-refractivity contribution in [2.45, 2.75) is 32.6 Å². The predicted octanol–water partition coefficient (Wildman–Crippen LogP) is 4.59. The molecule has 0 spiro atoms. The molecule has 1 fully saturated rings.